The van der Waals surface area contributed by atoms with Crippen molar-refractivity contribution in [2.45, 2.75) is 12.8 Å². The molecule has 29 heavy (non-hydrogen) atoms. The van der Waals surface area contributed by atoms with Gasteiger partial charge in [0.1, 0.15) is 0 Å². The molecule has 0 aliphatic heterocycles. The van der Waals surface area contributed by atoms with Crippen molar-refractivity contribution in [3.63, 3.8) is 0 Å². The van der Waals surface area contributed by atoms with Gasteiger partial charge >= 0.3 is 0 Å². The second kappa shape index (κ2) is 22.5. The largest absolute Gasteiger partial charge is 0.379 e. The molecule has 0 unspecified atom stereocenters. The normalized spacial score (nSPS) is 10.5. The van der Waals surface area contributed by atoms with Crippen LogP contribution < -0.4 is 16.0 Å². The molecule has 2 amide bonds. The molecule has 168 valence electrons. The molecular weight excluding hydrogens is 378 g/mol. The monoisotopic (exact) mass is 415 g/mol. The van der Waals surface area contributed by atoms with E-state index >= 15 is 0 Å². The third kappa shape index (κ3) is 22.4. The standard InChI is InChI=1S/C20H37N3O6/c1-3-19(24)22-7-5-11-26-15-17-28-13-9-21-10-14-29-18-16-27-12-6-8-23-20(25)4-2/h3-4,21H,1-2,5-18H2,(H,22,24)(H,23,25). The fraction of sp³-hybridized carbons (Fsp3) is 0.700. The maximum atomic E-state index is 10.9. The first-order chi connectivity index (χ1) is 14.2. The molecule has 9 heteroatoms. The number of hydrogen-bond acceptors (Lipinski definition) is 7. The van der Waals surface area contributed by atoms with Gasteiger partial charge in [0, 0.05) is 39.4 Å². The van der Waals surface area contributed by atoms with Gasteiger partial charge < -0.3 is 34.9 Å². The quantitative estimate of drug-likeness (QED) is 0.169. The molecule has 0 heterocycles. The smallest absolute Gasteiger partial charge is 0.243 e. The molecule has 0 radical (unpaired) electrons. The zero-order chi connectivity index (χ0) is 21.4. The second-order valence-electron chi connectivity index (χ2n) is 5.90. The number of nitrogens with one attached hydrogen (secondary N) is 3. The first-order valence-corrected chi connectivity index (χ1v) is 10.0. The number of carbonyl (C=O) groups excluding carboxylic acids is 2. The van der Waals surface area contributed by atoms with Crippen LogP contribution >= 0.6 is 0 Å². The Morgan fingerprint density at radius 3 is 1.34 bits per heavy atom. The summed E-state index contributed by atoms with van der Waals surface area (Å²) in [6.45, 7) is 14.0. The average Bonchev–Trinajstić information content (AvgIpc) is 2.74. The van der Waals surface area contributed by atoms with Crippen LogP contribution in [0.15, 0.2) is 25.3 Å². The molecule has 0 atom stereocenters. The van der Waals surface area contributed by atoms with E-state index in [9.17, 15) is 9.59 Å². The Labute approximate surface area is 174 Å². The van der Waals surface area contributed by atoms with Crippen molar-refractivity contribution >= 4 is 11.8 Å². The van der Waals surface area contributed by atoms with Gasteiger partial charge in [-0.2, -0.15) is 0 Å². The van der Waals surface area contributed by atoms with Crippen molar-refractivity contribution in [2.24, 2.45) is 0 Å². The van der Waals surface area contributed by atoms with Crippen LogP contribution in [0.1, 0.15) is 12.8 Å². The Kier molecular flexibility index (Phi) is 21.1. The predicted molar refractivity (Wildman–Crippen MR) is 112 cm³/mol. The Balaban J connectivity index is 3.06. The van der Waals surface area contributed by atoms with Crippen LogP contribution in [0.3, 0.4) is 0 Å². The SMILES string of the molecule is C=CC(=O)NCCCOCCOCCNCCOCCOCCCNC(=O)C=C. The highest BCUT2D eigenvalue weighted by molar-refractivity contribution is 5.87. The number of carbonyl (C=O) groups is 2. The molecule has 0 aliphatic rings. The van der Waals surface area contributed by atoms with Gasteiger partial charge in [-0.25, -0.2) is 0 Å². The molecule has 0 aromatic carbocycles. The van der Waals surface area contributed by atoms with Gasteiger partial charge in [-0.05, 0) is 25.0 Å². The van der Waals surface area contributed by atoms with E-state index < -0.39 is 0 Å². The van der Waals surface area contributed by atoms with E-state index in [1.165, 1.54) is 12.2 Å². The van der Waals surface area contributed by atoms with E-state index in [-0.39, 0.29) is 11.8 Å². The molecule has 0 rings (SSSR count). The van der Waals surface area contributed by atoms with Crippen LogP contribution in [0.2, 0.25) is 0 Å². The number of hydrogen-bond donors (Lipinski definition) is 3. The molecule has 3 N–H and O–H groups in total. The van der Waals surface area contributed by atoms with E-state index in [1.807, 2.05) is 0 Å². The van der Waals surface area contributed by atoms with Crippen molar-refractivity contribution in [1.82, 2.24) is 16.0 Å². The molecule has 0 saturated carbocycles. The van der Waals surface area contributed by atoms with Crippen LogP contribution in [0.4, 0.5) is 0 Å². The van der Waals surface area contributed by atoms with Gasteiger partial charge in [0.2, 0.25) is 11.8 Å². The fourth-order valence-electron chi connectivity index (χ4n) is 1.97. The summed E-state index contributed by atoms with van der Waals surface area (Å²) in [5, 5.41) is 8.60. The zero-order valence-electron chi connectivity index (χ0n) is 17.4. The Bertz CT molecular complexity index is 396. The van der Waals surface area contributed by atoms with E-state index in [1.54, 1.807) is 0 Å². The lowest BCUT2D eigenvalue weighted by molar-refractivity contribution is -0.117. The molecule has 0 spiro atoms. The van der Waals surface area contributed by atoms with Crippen LogP contribution in [0, 0.1) is 0 Å². The predicted octanol–water partition coefficient (Wildman–Crippen LogP) is 0.0270. The Hall–Kier alpha value is -1.78. The van der Waals surface area contributed by atoms with Crippen molar-refractivity contribution in [2.75, 3.05) is 79.0 Å². The van der Waals surface area contributed by atoms with Crippen molar-refractivity contribution in [3.05, 3.63) is 25.3 Å². The van der Waals surface area contributed by atoms with Gasteiger partial charge in [0.25, 0.3) is 0 Å². The maximum Gasteiger partial charge on any atom is 0.243 e. The zero-order valence-corrected chi connectivity index (χ0v) is 17.4. The third-order valence-electron chi connectivity index (χ3n) is 3.49. The van der Waals surface area contributed by atoms with Crippen LogP contribution in [-0.2, 0) is 28.5 Å². The van der Waals surface area contributed by atoms with Gasteiger partial charge in [0.05, 0.1) is 39.6 Å². The summed E-state index contributed by atoms with van der Waals surface area (Å²) in [4.78, 5) is 21.8. The lowest BCUT2D eigenvalue weighted by Crippen LogP contribution is -2.25. The van der Waals surface area contributed by atoms with Crippen LogP contribution in [0.5, 0.6) is 0 Å². The average molecular weight is 416 g/mol. The molecule has 0 aromatic rings. The third-order valence-corrected chi connectivity index (χ3v) is 3.49. The number of amides is 2. The number of rotatable bonds is 22. The lowest BCUT2D eigenvalue weighted by Gasteiger charge is -2.08. The minimum Gasteiger partial charge on any atom is -0.379 e. The Morgan fingerprint density at radius 1 is 0.586 bits per heavy atom. The summed E-state index contributed by atoms with van der Waals surface area (Å²) in [5.41, 5.74) is 0. The molecular formula is C20H37N3O6. The van der Waals surface area contributed by atoms with E-state index in [4.69, 9.17) is 18.9 Å². The van der Waals surface area contributed by atoms with Gasteiger partial charge in [-0.1, -0.05) is 13.2 Å². The molecule has 0 aliphatic carbocycles. The minimum absolute atomic E-state index is 0.164. The fourth-order valence-corrected chi connectivity index (χ4v) is 1.97. The Morgan fingerprint density at radius 2 is 0.966 bits per heavy atom. The lowest BCUT2D eigenvalue weighted by atomic mass is 10.4. The molecule has 0 aromatic heterocycles. The number of ether oxygens (including phenoxy) is 4. The second-order valence-corrected chi connectivity index (χ2v) is 5.90. The summed E-state index contributed by atoms with van der Waals surface area (Å²) < 4.78 is 21.7. The molecule has 0 fully saturated rings. The molecule has 9 nitrogen and oxygen atoms in total. The highest BCUT2D eigenvalue weighted by atomic mass is 16.5. The highest BCUT2D eigenvalue weighted by Gasteiger charge is 1.95. The molecule has 0 bridgehead atoms. The van der Waals surface area contributed by atoms with E-state index in [2.05, 4.69) is 29.1 Å². The van der Waals surface area contributed by atoms with Crippen LogP contribution in [-0.4, -0.2) is 90.8 Å². The first kappa shape index (κ1) is 27.2. The maximum absolute atomic E-state index is 10.9. The molecule has 0 saturated heterocycles. The van der Waals surface area contributed by atoms with Gasteiger partial charge in [-0.3, -0.25) is 9.59 Å². The summed E-state index contributed by atoms with van der Waals surface area (Å²) in [7, 11) is 0. The minimum atomic E-state index is -0.164. The highest BCUT2D eigenvalue weighted by Crippen LogP contribution is 1.85. The summed E-state index contributed by atoms with van der Waals surface area (Å²) >= 11 is 0. The van der Waals surface area contributed by atoms with E-state index in [0.717, 1.165) is 25.9 Å². The summed E-state index contributed by atoms with van der Waals surface area (Å²) in [5.74, 6) is -0.329. The van der Waals surface area contributed by atoms with Crippen LogP contribution in [0.25, 0.3) is 0 Å². The van der Waals surface area contributed by atoms with Crippen molar-refractivity contribution in [3.8, 4) is 0 Å². The first-order valence-electron chi connectivity index (χ1n) is 10.0. The summed E-state index contributed by atoms with van der Waals surface area (Å²) in [6.07, 6.45) is 4.03. The van der Waals surface area contributed by atoms with Crippen molar-refractivity contribution < 1.29 is 28.5 Å². The van der Waals surface area contributed by atoms with Gasteiger partial charge in [-0.15, -0.1) is 0 Å². The van der Waals surface area contributed by atoms with Gasteiger partial charge in [0.15, 0.2) is 0 Å². The topological polar surface area (TPSA) is 107 Å². The van der Waals surface area contributed by atoms with E-state index in [0.29, 0.717) is 65.9 Å². The summed E-state index contributed by atoms with van der Waals surface area (Å²) in [6, 6.07) is 0. The van der Waals surface area contributed by atoms with Crippen molar-refractivity contribution in [1.29, 1.82) is 0 Å².